The Morgan fingerprint density at radius 3 is 2.86 bits per heavy atom. The van der Waals surface area contributed by atoms with Crippen molar-refractivity contribution in [1.29, 1.82) is 0 Å². The highest BCUT2D eigenvalue weighted by Crippen LogP contribution is 2.45. The third kappa shape index (κ3) is 3.94. The van der Waals surface area contributed by atoms with E-state index in [0.29, 0.717) is 54.3 Å². The molecule has 1 aromatic carbocycles. The number of carbonyl (C=O) groups excluding carboxylic acids is 1. The van der Waals surface area contributed by atoms with Crippen LogP contribution in [0.25, 0.3) is 5.65 Å². The van der Waals surface area contributed by atoms with Gasteiger partial charge in [-0.15, -0.1) is 0 Å². The highest BCUT2D eigenvalue weighted by Gasteiger charge is 2.47. The van der Waals surface area contributed by atoms with Gasteiger partial charge in [-0.1, -0.05) is 0 Å². The van der Waals surface area contributed by atoms with Crippen molar-refractivity contribution < 1.29 is 27.8 Å². The van der Waals surface area contributed by atoms with Crippen LogP contribution in [0.15, 0.2) is 36.8 Å². The molecule has 0 saturated carbocycles. The van der Waals surface area contributed by atoms with E-state index in [1.807, 2.05) is 19.1 Å². The lowest BCUT2D eigenvalue weighted by Gasteiger charge is -2.36. The van der Waals surface area contributed by atoms with Crippen molar-refractivity contribution in [2.45, 2.75) is 43.6 Å². The van der Waals surface area contributed by atoms with Crippen molar-refractivity contribution in [3.63, 3.8) is 0 Å². The molecule has 6 rings (SSSR count). The number of nitrogens with zero attached hydrogens (tertiary/aromatic N) is 5. The van der Waals surface area contributed by atoms with Gasteiger partial charge < -0.3 is 20.1 Å². The number of benzene rings is 1. The molecule has 2 aromatic heterocycles. The maximum atomic E-state index is 13.3. The van der Waals surface area contributed by atoms with Gasteiger partial charge in [0.2, 0.25) is 0 Å². The number of carbonyl (C=O) groups is 1. The summed E-state index contributed by atoms with van der Waals surface area (Å²) in [6, 6.07) is 5.04. The SMILES string of the molecule is C[C@@]1(CO)Cc2cc(NC(=O)c3cnn4cccnc34)c(N3C[C@H]4C[C@@H]3CN4CC(F)(F)F)cc2O1. The maximum absolute atomic E-state index is 13.3. The van der Waals surface area contributed by atoms with Gasteiger partial charge in [-0.05, 0) is 25.5 Å². The first kappa shape index (κ1) is 23.0. The minimum atomic E-state index is -4.24. The summed E-state index contributed by atoms with van der Waals surface area (Å²) < 4.78 is 46.6. The number of aliphatic hydroxyl groups is 1. The number of hydrogen-bond donors (Lipinski definition) is 2. The lowest BCUT2D eigenvalue weighted by molar-refractivity contribution is -0.148. The first-order chi connectivity index (χ1) is 17.1. The van der Waals surface area contributed by atoms with Crippen LogP contribution < -0.4 is 15.0 Å². The molecule has 0 radical (unpaired) electrons. The smallest absolute Gasteiger partial charge is 0.401 e. The monoisotopic (exact) mass is 502 g/mol. The number of aromatic nitrogens is 3. The molecule has 3 atom stereocenters. The number of halogens is 3. The second-order valence-corrected chi connectivity index (χ2v) is 10.0. The van der Waals surface area contributed by atoms with Gasteiger partial charge in [0, 0.05) is 55.6 Å². The summed E-state index contributed by atoms with van der Waals surface area (Å²) in [6.07, 6.45) is 1.56. The predicted octanol–water partition coefficient (Wildman–Crippen LogP) is 2.49. The molecule has 0 aliphatic carbocycles. The van der Waals surface area contributed by atoms with Crippen LogP contribution in [0, 0.1) is 0 Å². The van der Waals surface area contributed by atoms with Crippen molar-refractivity contribution in [3.8, 4) is 5.75 Å². The average molecular weight is 502 g/mol. The molecule has 5 heterocycles. The fraction of sp³-hybridized carbons (Fsp3) is 0.458. The Morgan fingerprint density at radius 1 is 1.31 bits per heavy atom. The predicted molar refractivity (Wildman–Crippen MR) is 124 cm³/mol. The molecule has 1 amide bonds. The summed E-state index contributed by atoms with van der Waals surface area (Å²) in [6.45, 7) is 1.42. The number of aliphatic hydroxyl groups excluding tert-OH is 1. The molecule has 2 bridgehead atoms. The number of alkyl halides is 3. The van der Waals surface area contributed by atoms with Crippen LogP contribution in [0.5, 0.6) is 5.75 Å². The van der Waals surface area contributed by atoms with Crippen molar-refractivity contribution in [2.24, 2.45) is 0 Å². The van der Waals surface area contributed by atoms with E-state index in [4.69, 9.17) is 4.74 Å². The Bertz CT molecular complexity index is 1340. The molecular formula is C24H25F3N6O3. The van der Waals surface area contributed by atoms with Gasteiger partial charge in [-0.3, -0.25) is 9.69 Å². The lowest BCUT2D eigenvalue weighted by atomic mass is 9.99. The van der Waals surface area contributed by atoms with E-state index >= 15 is 0 Å². The van der Waals surface area contributed by atoms with Crippen molar-refractivity contribution in [1.82, 2.24) is 19.5 Å². The maximum Gasteiger partial charge on any atom is 0.401 e. The molecule has 36 heavy (non-hydrogen) atoms. The van der Waals surface area contributed by atoms with Crippen LogP contribution in [0.2, 0.25) is 0 Å². The van der Waals surface area contributed by atoms with E-state index in [1.54, 1.807) is 18.5 Å². The molecule has 190 valence electrons. The Labute approximate surface area is 204 Å². The van der Waals surface area contributed by atoms with Crippen LogP contribution in [0.4, 0.5) is 24.5 Å². The summed E-state index contributed by atoms with van der Waals surface area (Å²) in [5.74, 6) is 0.212. The highest BCUT2D eigenvalue weighted by molar-refractivity contribution is 6.09. The molecule has 0 spiro atoms. The molecule has 3 aromatic rings. The van der Waals surface area contributed by atoms with Gasteiger partial charge in [-0.2, -0.15) is 18.3 Å². The number of amides is 1. The topological polar surface area (TPSA) is 95.2 Å². The van der Waals surface area contributed by atoms with Gasteiger partial charge in [0.25, 0.3) is 5.91 Å². The summed E-state index contributed by atoms with van der Waals surface area (Å²) >= 11 is 0. The van der Waals surface area contributed by atoms with Crippen molar-refractivity contribution in [2.75, 3.05) is 36.5 Å². The zero-order chi connectivity index (χ0) is 25.2. The number of fused-ring (bicyclic) bond motifs is 4. The molecule has 9 nitrogen and oxygen atoms in total. The fourth-order valence-corrected chi connectivity index (χ4v) is 5.62. The van der Waals surface area contributed by atoms with E-state index in [1.165, 1.54) is 15.6 Å². The molecule has 12 heteroatoms. The van der Waals surface area contributed by atoms with E-state index in [9.17, 15) is 23.1 Å². The quantitative estimate of drug-likeness (QED) is 0.554. The summed E-state index contributed by atoms with van der Waals surface area (Å²) in [5.41, 5.74) is 2.01. The standard InChI is InChI=1S/C24H25F3N6O3/c1-23(13-34)8-14-5-18(30-22(35)17-9-29-33-4-2-3-28-21(17)33)19(7-20(14)36-23)32-11-15-6-16(32)10-31(15)12-24(25,26)27/h2-5,7,9,15-16,34H,6,8,10-13H2,1H3,(H,30,35)/t15-,16-,23+/m1/s1. The zero-order valence-corrected chi connectivity index (χ0v) is 19.5. The van der Waals surface area contributed by atoms with Gasteiger partial charge in [0.15, 0.2) is 5.65 Å². The second-order valence-electron chi connectivity index (χ2n) is 10.0. The van der Waals surface area contributed by atoms with E-state index < -0.39 is 24.2 Å². The van der Waals surface area contributed by atoms with Crippen LogP contribution in [0.3, 0.4) is 0 Å². The van der Waals surface area contributed by atoms with Crippen LogP contribution in [-0.2, 0) is 6.42 Å². The minimum absolute atomic E-state index is 0.115. The van der Waals surface area contributed by atoms with E-state index in [2.05, 4.69) is 20.3 Å². The Morgan fingerprint density at radius 2 is 2.14 bits per heavy atom. The van der Waals surface area contributed by atoms with E-state index in [0.717, 1.165) is 5.56 Å². The summed E-state index contributed by atoms with van der Waals surface area (Å²) in [5, 5.41) is 17.0. The molecule has 2 saturated heterocycles. The molecule has 3 aliphatic rings. The molecular weight excluding hydrogens is 477 g/mol. The number of likely N-dealkylation sites (tertiary alicyclic amines) is 1. The molecule has 2 fully saturated rings. The van der Waals surface area contributed by atoms with E-state index in [-0.39, 0.29) is 18.7 Å². The van der Waals surface area contributed by atoms with Crippen LogP contribution >= 0.6 is 0 Å². The first-order valence-electron chi connectivity index (χ1n) is 11.8. The van der Waals surface area contributed by atoms with Crippen LogP contribution in [0.1, 0.15) is 29.3 Å². The number of anilines is 2. The summed E-state index contributed by atoms with van der Waals surface area (Å²) in [7, 11) is 0. The molecule has 2 N–H and O–H groups in total. The lowest BCUT2D eigenvalue weighted by Crippen LogP contribution is -2.49. The normalized spacial score (nSPS) is 25.4. The molecule has 3 aliphatic heterocycles. The van der Waals surface area contributed by atoms with Gasteiger partial charge >= 0.3 is 6.18 Å². The average Bonchev–Trinajstić information content (AvgIpc) is 3.58. The first-order valence-corrected chi connectivity index (χ1v) is 11.8. The number of ether oxygens (including phenoxy) is 1. The fourth-order valence-electron chi connectivity index (χ4n) is 5.62. The minimum Gasteiger partial charge on any atom is -0.484 e. The largest absolute Gasteiger partial charge is 0.484 e. The third-order valence-corrected chi connectivity index (χ3v) is 7.25. The Hall–Kier alpha value is -3.38. The highest BCUT2D eigenvalue weighted by atomic mass is 19.4. The van der Waals surface area contributed by atoms with Gasteiger partial charge in [0.1, 0.15) is 16.9 Å². The Kier molecular flexibility index (Phi) is 5.16. The van der Waals surface area contributed by atoms with Crippen LogP contribution in [-0.4, -0.2) is 80.6 Å². The zero-order valence-electron chi connectivity index (χ0n) is 19.5. The van der Waals surface area contributed by atoms with Crippen molar-refractivity contribution in [3.05, 3.63) is 47.9 Å². The summed E-state index contributed by atoms with van der Waals surface area (Å²) in [4.78, 5) is 21.1. The second kappa shape index (κ2) is 8.07. The Balaban J connectivity index is 1.33. The number of piperazine rings is 1. The van der Waals surface area contributed by atoms with Gasteiger partial charge in [-0.25, -0.2) is 9.50 Å². The third-order valence-electron chi connectivity index (χ3n) is 7.25. The number of rotatable bonds is 5. The molecule has 0 unspecified atom stereocenters. The van der Waals surface area contributed by atoms with Gasteiger partial charge in [0.05, 0.1) is 30.7 Å². The van der Waals surface area contributed by atoms with Crippen molar-refractivity contribution >= 4 is 22.9 Å². The number of nitrogens with one attached hydrogen (secondary N) is 1. The number of hydrogen-bond acceptors (Lipinski definition) is 7.